The van der Waals surface area contributed by atoms with Crippen molar-refractivity contribution in [3.63, 3.8) is 0 Å². The van der Waals surface area contributed by atoms with Gasteiger partial charge in [-0.1, -0.05) is 6.07 Å². The second kappa shape index (κ2) is 4.93. The number of anilines is 1. The highest BCUT2D eigenvalue weighted by molar-refractivity contribution is 5.93. The van der Waals surface area contributed by atoms with Crippen LogP contribution in [-0.4, -0.2) is 5.91 Å². The Morgan fingerprint density at radius 1 is 1.11 bits per heavy atom. The third-order valence-corrected chi connectivity index (χ3v) is 2.43. The summed E-state index contributed by atoms with van der Waals surface area (Å²) in [6, 6.07) is 7.57. The Bertz CT molecular complexity index is 645. The molecule has 0 aliphatic carbocycles. The molecule has 0 heterocycles. The zero-order chi connectivity index (χ0) is 14.0. The maximum atomic E-state index is 13.4. The number of nitrogens with two attached hydrogens (primary N) is 2. The number of nitrogen functional groups attached to an aromatic ring is 1. The van der Waals surface area contributed by atoms with Crippen LogP contribution < -0.4 is 16.2 Å². The van der Waals surface area contributed by atoms with Crippen molar-refractivity contribution in [2.45, 2.75) is 0 Å². The first kappa shape index (κ1) is 12.8. The van der Waals surface area contributed by atoms with Crippen molar-refractivity contribution in [1.29, 1.82) is 0 Å². The number of carbonyl (C=O) groups excluding carboxylic acids is 1. The Morgan fingerprint density at radius 3 is 2.53 bits per heavy atom. The van der Waals surface area contributed by atoms with Crippen LogP contribution in [-0.2, 0) is 0 Å². The van der Waals surface area contributed by atoms with Crippen LogP contribution in [0, 0.1) is 11.6 Å². The quantitative estimate of drug-likeness (QED) is 0.836. The lowest BCUT2D eigenvalue weighted by Crippen LogP contribution is -2.11. The first-order valence-electron chi connectivity index (χ1n) is 5.30. The van der Waals surface area contributed by atoms with Gasteiger partial charge in [0.2, 0.25) is 11.7 Å². The van der Waals surface area contributed by atoms with Crippen LogP contribution in [0.5, 0.6) is 11.5 Å². The minimum absolute atomic E-state index is 0.0285. The highest BCUT2D eigenvalue weighted by Gasteiger charge is 2.12. The number of hydrogen-bond donors (Lipinski definition) is 2. The summed E-state index contributed by atoms with van der Waals surface area (Å²) in [6.45, 7) is 0. The topological polar surface area (TPSA) is 78.3 Å². The summed E-state index contributed by atoms with van der Waals surface area (Å²) in [5, 5.41) is 0. The van der Waals surface area contributed by atoms with E-state index in [1.54, 1.807) is 0 Å². The molecule has 6 heteroatoms. The van der Waals surface area contributed by atoms with Crippen LogP contribution in [0.25, 0.3) is 0 Å². The van der Waals surface area contributed by atoms with Crippen LogP contribution in [0.1, 0.15) is 10.4 Å². The van der Waals surface area contributed by atoms with Crippen LogP contribution >= 0.6 is 0 Å². The Morgan fingerprint density at radius 2 is 1.84 bits per heavy atom. The van der Waals surface area contributed by atoms with Gasteiger partial charge in [-0.05, 0) is 30.3 Å². The second-order valence-corrected chi connectivity index (χ2v) is 3.77. The fourth-order valence-corrected chi connectivity index (χ4v) is 1.46. The molecule has 0 spiro atoms. The summed E-state index contributed by atoms with van der Waals surface area (Å²) in [6.07, 6.45) is 0. The van der Waals surface area contributed by atoms with Crippen molar-refractivity contribution >= 4 is 11.6 Å². The smallest absolute Gasteiger partial charge is 0.248 e. The van der Waals surface area contributed by atoms with Crippen LogP contribution in [0.4, 0.5) is 14.5 Å². The molecule has 0 fully saturated rings. The number of primary amides is 1. The molecule has 1 amide bonds. The van der Waals surface area contributed by atoms with E-state index in [-0.39, 0.29) is 22.7 Å². The number of amides is 1. The van der Waals surface area contributed by atoms with Crippen LogP contribution in [0.2, 0.25) is 0 Å². The van der Waals surface area contributed by atoms with Crippen LogP contribution in [0.15, 0.2) is 36.4 Å². The van der Waals surface area contributed by atoms with E-state index in [2.05, 4.69) is 0 Å². The number of ether oxygens (including phenoxy) is 1. The first-order valence-corrected chi connectivity index (χ1v) is 5.30. The van der Waals surface area contributed by atoms with Gasteiger partial charge >= 0.3 is 0 Å². The Labute approximate surface area is 107 Å². The van der Waals surface area contributed by atoms with Gasteiger partial charge in [0.1, 0.15) is 0 Å². The van der Waals surface area contributed by atoms with Crippen molar-refractivity contribution < 1.29 is 18.3 Å². The van der Waals surface area contributed by atoms with Crippen molar-refractivity contribution in [3.05, 3.63) is 53.6 Å². The summed E-state index contributed by atoms with van der Waals surface area (Å²) in [5.41, 5.74) is 11.1. The summed E-state index contributed by atoms with van der Waals surface area (Å²) in [4.78, 5) is 11.0. The molecule has 0 unspecified atom stereocenters. The fourth-order valence-electron chi connectivity index (χ4n) is 1.46. The Balaban J connectivity index is 2.40. The molecule has 98 valence electrons. The summed E-state index contributed by atoms with van der Waals surface area (Å²) in [7, 11) is 0. The minimum atomic E-state index is -1.13. The SMILES string of the molecule is NC(=O)c1ccc(N)c(Oc2cccc(F)c2F)c1. The third kappa shape index (κ3) is 2.62. The molecule has 2 rings (SSSR count). The maximum Gasteiger partial charge on any atom is 0.248 e. The van der Waals surface area contributed by atoms with Gasteiger partial charge in [-0.15, -0.1) is 0 Å². The van der Waals surface area contributed by atoms with Crippen molar-refractivity contribution in [2.75, 3.05) is 5.73 Å². The molecule has 0 aliphatic heterocycles. The van der Waals surface area contributed by atoms with E-state index in [0.29, 0.717) is 0 Å². The highest BCUT2D eigenvalue weighted by Crippen LogP contribution is 2.30. The summed E-state index contributed by atoms with van der Waals surface area (Å²) >= 11 is 0. The first-order chi connectivity index (χ1) is 8.99. The largest absolute Gasteiger partial charge is 0.452 e. The molecule has 0 radical (unpaired) electrons. The molecule has 2 aromatic rings. The van der Waals surface area contributed by atoms with E-state index >= 15 is 0 Å². The van der Waals surface area contributed by atoms with Gasteiger partial charge in [-0.25, -0.2) is 4.39 Å². The standard InChI is InChI=1S/C13H10F2N2O2/c14-8-2-1-3-10(12(8)15)19-11-6-7(13(17)18)4-5-9(11)16/h1-6H,16H2,(H2,17,18). The molecule has 0 saturated heterocycles. The predicted octanol–water partition coefficient (Wildman–Crippen LogP) is 2.44. The molecule has 0 bridgehead atoms. The lowest BCUT2D eigenvalue weighted by Gasteiger charge is -2.10. The molecule has 4 nitrogen and oxygen atoms in total. The van der Waals surface area contributed by atoms with Crippen molar-refractivity contribution in [3.8, 4) is 11.5 Å². The van der Waals surface area contributed by atoms with E-state index < -0.39 is 17.5 Å². The lowest BCUT2D eigenvalue weighted by atomic mass is 10.2. The number of benzene rings is 2. The molecule has 0 aromatic heterocycles. The zero-order valence-electron chi connectivity index (χ0n) is 9.69. The molecule has 0 atom stereocenters. The van der Waals surface area contributed by atoms with Gasteiger partial charge in [-0.3, -0.25) is 4.79 Å². The predicted molar refractivity (Wildman–Crippen MR) is 65.8 cm³/mol. The number of rotatable bonds is 3. The molecule has 0 aliphatic rings. The maximum absolute atomic E-state index is 13.4. The molecule has 19 heavy (non-hydrogen) atoms. The normalized spacial score (nSPS) is 10.2. The highest BCUT2D eigenvalue weighted by atomic mass is 19.2. The monoisotopic (exact) mass is 264 g/mol. The number of carbonyl (C=O) groups is 1. The third-order valence-electron chi connectivity index (χ3n) is 2.43. The van der Waals surface area contributed by atoms with E-state index in [1.807, 2.05) is 0 Å². The van der Waals surface area contributed by atoms with Gasteiger partial charge in [0, 0.05) is 5.56 Å². The van der Waals surface area contributed by atoms with Crippen molar-refractivity contribution in [2.24, 2.45) is 5.73 Å². The molecule has 0 saturated carbocycles. The summed E-state index contributed by atoms with van der Waals surface area (Å²) in [5.74, 6) is -3.15. The van der Waals surface area contributed by atoms with E-state index in [9.17, 15) is 13.6 Å². The minimum Gasteiger partial charge on any atom is -0.452 e. The average Bonchev–Trinajstić information content (AvgIpc) is 2.37. The van der Waals surface area contributed by atoms with Crippen LogP contribution in [0.3, 0.4) is 0 Å². The molecule has 4 N–H and O–H groups in total. The van der Waals surface area contributed by atoms with Gasteiger partial charge in [-0.2, -0.15) is 4.39 Å². The average molecular weight is 264 g/mol. The fraction of sp³-hybridized carbons (Fsp3) is 0. The number of hydrogen-bond acceptors (Lipinski definition) is 3. The Kier molecular flexibility index (Phi) is 3.33. The zero-order valence-corrected chi connectivity index (χ0v) is 9.69. The van der Waals surface area contributed by atoms with Gasteiger partial charge < -0.3 is 16.2 Å². The van der Waals surface area contributed by atoms with E-state index in [1.165, 1.54) is 30.3 Å². The van der Waals surface area contributed by atoms with E-state index in [0.717, 1.165) is 6.07 Å². The van der Waals surface area contributed by atoms with E-state index in [4.69, 9.17) is 16.2 Å². The molecular formula is C13H10F2N2O2. The Hall–Kier alpha value is -2.63. The van der Waals surface area contributed by atoms with Crippen molar-refractivity contribution in [1.82, 2.24) is 0 Å². The molecular weight excluding hydrogens is 254 g/mol. The lowest BCUT2D eigenvalue weighted by molar-refractivity contribution is 0.1000. The summed E-state index contributed by atoms with van der Waals surface area (Å²) < 4.78 is 31.6. The van der Waals surface area contributed by atoms with Gasteiger partial charge in [0.05, 0.1) is 5.69 Å². The molecule has 2 aromatic carbocycles. The second-order valence-electron chi connectivity index (χ2n) is 3.77. The van der Waals surface area contributed by atoms with Gasteiger partial charge in [0.15, 0.2) is 17.3 Å². The van der Waals surface area contributed by atoms with Gasteiger partial charge in [0.25, 0.3) is 0 Å². The number of halogens is 2.